The smallest absolute Gasteiger partial charge is 0.323 e. The molecule has 0 saturated carbocycles. The molecule has 13 heavy (non-hydrogen) atoms. The van der Waals surface area contributed by atoms with Gasteiger partial charge in [0.1, 0.15) is 5.54 Å². The molecule has 0 aromatic heterocycles. The SMILES string of the molecule is CCCCCCC(N)(CC)C(=O)O. The molecule has 0 aromatic carbocycles. The van der Waals surface area contributed by atoms with Crippen molar-refractivity contribution in [1.82, 2.24) is 0 Å². The fraction of sp³-hybridized carbons (Fsp3) is 0.900. The Labute approximate surface area is 80.3 Å². The molecule has 3 heteroatoms. The highest BCUT2D eigenvalue weighted by molar-refractivity contribution is 5.78. The molecule has 0 bridgehead atoms. The van der Waals surface area contributed by atoms with Crippen LogP contribution >= 0.6 is 0 Å². The van der Waals surface area contributed by atoms with E-state index < -0.39 is 11.5 Å². The highest BCUT2D eigenvalue weighted by Crippen LogP contribution is 2.16. The Morgan fingerprint density at radius 1 is 1.31 bits per heavy atom. The highest BCUT2D eigenvalue weighted by atomic mass is 16.4. The standard InChI is InChI=1S/C10H21NO2/c1-3-5-6-7-8-10(11,4-2)9(12)13/h3-8,11H2,1-2H3,(H,12,13). The monoisotopic (exact) mass is 187 g/mol. The average molecular weight is 187 g/mol. The van der Waals surface area contributed by atoms with Crippen molar-refractivity contribution >= 4 is 5.97 Å². The van der Waals surface area contributed by atoms with Crippen LogP contribution in [0.15, 0.2) is 0 Å². The number of carboxylic acid groups (broad SMARTS) is 1. The molecule has 0 spiro atoms. The van der Waals surface area contributed by atoms with Crippen molar-refractivity contribution < 1.29 is 9.90 Å². The Kier molecular flexibility index (Phi) is 5.71. The largest absolute Gasteiger partial charge is 0.480 e. The van der Waals surface area contributed by atoms with Gasteiger partial charge >= 0.3 is 5.97 Å². The summed E-state index contributed by atoms with van der Waals surface area (Å²) in [5, 5.41) is 8.86. The third-order valence-corrected chi connectivity index (χ3v) is 2.53. The van der Waals surface area contributed by atoms with Crippen LogP contribution in [-0.2, 0) is 4.79 Å². The number of aliphatic carboxylic acids is 1. The van der Waals surface area contributed by atoms with Crippen molar-refractivity contribution in [3.05, 3.63) is 0 Å². The topological polar surface area (TPSA) is 63.3 Å². The van der Waals surface area contributed by atoms with Gasteiger partial charge in [0.15, 0.2) is 0 Å². The van der Waals surface area contributed by atoms with E-state index in [0.717, 1.165) is 19.3 Å². The normalized spacial score (nSPS) is 15.3. The molecule has 1 unspecified atom stereocenters. The van der Waals surface area contributed by atoms with Gasteiger partial charge in [-0.25, -0.2) is 0 Å². The molecule has 0 aliphatic carbocycles. The second-order valence-corrected chi connectivity index (χ2v) is 3.63. The summed E-state index contributed by atoms with van der Waals surface area (Å²) >= 11 is 0. The second kappa shape index (κ2) is 5.97. The molecule has 0 aliphatic heterocycles. The highest BCUT2D eigenvalue weighted by Gasteiger charge is 2.30. The number of unbranched alkanes of at least 4 members (excludes halogenated alkanes) is 3. The molecular formula is C10H21NO2. The summed E-state index contributed by atoms with van der Waals surface area (Å²) in [5.41, 5.74) is 4.73. The first kappa shape index (κ1) is 12.4. The Morgan fingerprint density at radius 3 is 2.31 bits per heavy atom. The fourth-order valence-electron chi connectivity index (χ4n) is 1.30. The van der Waals surface area contributed by atoms with Crippen LogP contribution in [0.3, 0.4) is 0 Å². The van der Waals surface area contributed by atoms with E-state index in [9.17, 15) is 4.79 Å². The third kappa shape index (κ3) is 4.27. The fourth-order valence-corrected chi connectivity index (χ4v) is 1.30. The lowest BCUT2D eigenvalue weighted by Crippen LogP contribution is -2.47. The van der Waals surface area contributed by atoms with Crippen LogP contribution in [0.2, 0.25) is 0 Å². The minimum Gasteiger partial charge on any atom is -0.480 e. The molecule has 0 heterocycles. The van der Waals surface area contributed by atoms with Gasteiger partial charge in [0.2, 0.25) is 0 Å². The van der Waals surface area contributed by atoms with Crippen molar-refractivity contribution in [2.24, 2.45) is 5.73 Å². The lowest BCUT2D eigenvalue weighted by atomic mass is 9.90. The van der Waals surface area contributed by atoms with Crippen LogP contribution in [0.1, 0.15) is 52.4 Å². The van der Waals surface area contributed by atoms with Gasteiger partial charge in [-0.3, -0.25) is 4.79 Å². The first-order chi connectivity index (χ1) is 6.06. The van der Waals surface area contributed by atoms with Gasteiger partial charge in [0, 0.05) is 0 Å². The number of carbonyl (C=O) groups is 1. The minimum absolute atomic E-state index is 0.508. The van der Waals surface area contributed by atoms with Crippen molar-refractivity contribution in [2.45, 2.75) is 57.9 Å². The zero-order valence-electron chi connectivity index (χ0n) is 8.68. The Hall–Kier alpha value is -0.570. The van der Waals surface area contributed by atoms with Gasteiger partial charge in [0.05, 0.1) is 0 Å². The summed E-state index contributed by atoms with van der Waals surface area (Å²) in [7, 11) is 0. The van der Waals surface area contributed by atoms with Gasteiger partial charge in [0.25, 0.3) is 0 Å². The molecule has 0 radical (unpaired) electrons. The predicted octanol–water partition coefficient (Wildman–Crippen LogP) is 2.15. The average Bonchev–Trinajstić information content (AvgIpc) is 2.12. The number of hydrogen-bond donors (Lipinski definition) is 2. The van der Waals surface area contributed by atoms with E-state index in [-0.39, 0.29) is 0 Å². The van der Waals surface area contributed by atoms with E-state index in [2.05, 4.69) is 6.92 Å². The molecular weight excluding hydrogens is 166 g/mol. The molecule has 3 N–H and O–H groups in total. The lowest BCUT2D eigenvalue weighted by molar-refractivity contribution is -0.143. The van der Waals surface area contributed by atoms with E-state index in [4.69, 9.17) is 10.8 Å². The quantitative estimate of drug-likeness (QED) is 0.600. The molecule has 0 aliphatic rings. The maximum absolute atomic E-state index is 10.8. The summed E-state index contributed by atoms with van der Waals surface area (Å²) in [6, 6.07) is 0. The Balaban J connectivity index is 3.78. The van der Waals surface area contributed by atoms with Gasteiger partial charge in [-0.05, 0) is 12.8 Å². The van der Waals surface area contributed by atoms with Gasteiger partial charge < -0.3 is 10.8 Å². The summed E-state index contributed by atoms with van der Waals surface area (Å²) < 4.78 is 0. The summed E-state index contributed by atoms with van der Waals surface area (Å²) in [6.45, 7) is 3.96. The van der Waals surface area contributed by atoms with Crippen molar-refractivity contribution in [3.8, 4) is 0 Å². The zero-order valence-corrected chi connectivity index (χ0v) is 8.68. The van der Waals surface area contributed by atoms with Crippen molar-refractivity contribution in [2.75, 3.05) is 0 Å². The van der Waals surface area contributed by atoms with E-state index in [0.29, 0.717) is 12.8 Å². The van der Waals surface area contributed by atoms with E-state index in [1.165, 1.54) is 6.42 Å². The van der Waals surface area contributed by atoms with Gasteiger partial charge in [-0.1, -0.05) is 39.5 Å². The van der Waals surface area contributed by atoms with Crippen molar-refractivity contribution in [3.63, 3.8) is 0 Å². The number of carboxylic acids is 1. The first-order valence-corrected chi connectivity index (χ1v) is 5.09. The predicted molar refractivity (Wildman–Crippen MR) is 53.6 cm³/mol. The van der Waals surface area contributed by atoms with Crippen LogP contribution < -0.4 is 5.73 Å². The molecule has 0 amide bonds. The maximum Gasteiger partial charge on any atom is 0.323 e. The van der Waals surface area contributed by atoms with Gasteiger partial charge in [-0.15, -0.1) is 0 Å². The zero-order chi connectivity index (χ0) is 10.3. The molecule has 0 aromatic rings. The van der Waals surface area contributed by atoms with Crippen LogP contribution in [-0.4, -0.2) is 16.6 Å². The lowest BCUT2D eigenvalue weighted by Gasteiger charge is -2.22. The van der Waals surface area contributed by atoms with E-state index >= 15 is 0 Å². The molecule has 0 fully saturated rings. The molecule has 1 atom stereocenters. The molecule has 0 saturated heterocycles. The van der Waals surface area contributed by atoms with Crippen LogP contribution in [0, 0.1) is 0 Å². The first-order valence-electron chi connectivity index (χ1n) is 5.09. The second-order valence-electron chi connectivity index (χ2n) is 3.63. The number of hydrogen-bond acceptors (Lipinski definition) is 2. The minimum atomic E-state index is -0.992. The number of rotatable bonds is 7. The Bertz CT molecular complexity index is 159. The molecule has 3 nitrogen and oxygen atoms in total. The summed E-state index contributed by atoms with van der Waals surface area (Å²) in [6.07, 6.45) is 5.44. The molecule has 0 rings (SSSR count). The number of nitrogens with two attached hydrogens (primary N) is 1. The summed E-state index contributed by atoms with van der Waals surface area (Å²) in [4.78, 5) is 10.8. The van der Waals surface area contributed by atoms with E-state index in [1.807, 2.05) is 6.92 Å². The van der Waals surface area contributed by atoms with Gasteiger partial charge in [-0.2, -0.15) is 0 Å². The van der Waals surface area contributed by atoms with Crippen LogP contribution in [0.4, 0.5) is 0 Å². The summed E-state index contributed by atoms with van der Waals surface area (Å²) in [5.74, 6) is -0.869. The van der Waals surface area contributed by atoms with E-state index in [1.54, 1.807) is 0 Å². The molecule has 78 valence electrons. The van der Waals surface area contributed by atoms with Crippen LogP contribution in [0.5, 0.6) is 0 Å². The third-order valence-electron chi connectivity index (χ3n) is 2.53. The van der Waals surface area contributed by atoms with Crippen molar-refractivity contribution in [1.29, 1.82) is 0 Å². The maximum atomic E-state index is 10.8. The Morgan fingerprint density at radius 2 is 1.92 bits per heavy atom. The van der Waals surface area contributed by atoms with Crippen LogP contribution in [0.25, 0.3) is 0 Å².